The summed E-state index contributed by atoms with van der Waals surface area (Å²) in [5.74, 6) is 0. The average molecular weight is 355 g/mol. The topological polar surface area (TPSA) is 140 Å². The Balaban J connectivity index is 2.05. The van der Waals surface area contributed by atoms with Crippen LogP contribution < -0.4 is 5.35 Å². The lowest BCUT2D eigenvalue weighted by molar-refractivity contribution is -0.0947. The third-order valence-corrected chi connectivity index (χ3v) is 4.80. The first-order valence-electron chi connectivity index (χ1n) is 7.99. The lowest BCUT2D eigenvalue weighted by Gasteiger charge is -2.27. The van der Waals surface area contributed by atoms with Crippen molar-refractivity contribution in [3.63, 3.8) is 0 Å². The molecule has 9 heteroatoms. The van der Waals surface area contributed by atoms with Crippen LogP contribution in [0, 0.1) is 11.3 Å². The van der Waals surface area contributed by atoms with Crippen molar-refractivity contribution in [1.82, 2.24) is 19.5 Å². The molecule has 4 atom stereocenters. The molecule has 0 radical (unpaired) electrons. The summed E-state index contributed by atoms with van der Waals surface area (Å²) < 4.78 is 7.24. The van der Waals surface area contributed by atoms with Crippen LogP contribution in [-0.4, -0.2) is 59.3 Å². The molecule has 0 saturated carbocycles. The number of rotatable bonds is 2. The zero-order valence-electron chi connectivity index (χ0n) is 13.9. The van der Waals surface area contributed by atoms with Gasteiger partial charge in [-0.05, 0) is 13.0 Å². The van der Waals surface area contributed by atoms with E-state index >= 15 is 0 Å². The molecule has 0 spiro atoms. The van der Waals surface area contributed by atoms with E-state index in [-0.39, 0.29) is 0 Å². The van der Waals surface area contributed by atoms with Crippen molar-refractivity contribution in [3.8, 4) is 6.07 Å². The van der Waals surface area contributed by atoms with Crippen molar-refractivity contribution in [2.24, 2.45) is 0 Å². The molecule has 26 heavy (non-hydrogen) atoms. The summed E-state index contributed by atoms with van der Waals surface area (Å²) in [6.07, 6.45) is -0.245. The van der Waals surface area contributed by atoms with Crippen LogP contribution in [0.3, 0.4) is 0 Å². The van der Waals surface area contributed by atoms with Crippen LogP contribution in [0.4, 0.5) is 0 Å². The maximum atomic E-state index is 10.8. The summed E-state index contributed by atoms with van der Waals surface area (Å²) in [7, 11) is 0. The van der Waals surface area contributed by atoms with Gasteiger partial charge in [0.1, 0.15) is 35.4 Å². The first-order valence-corrected chi connectivity index (χ1v) is 7.99. The monoisotopic (exact) mass is 355 g/mol. The van der Waals surface area contributed by atoms with Crippen LogP contribution in [0.25, 0.3) is 28.6 Å². The van der Waals surface area contributed by atoms with E-state index in [9.17, 15) is 20.6 Å². The highest BCUT2D eigenvalue weighted by Gasteiger charge is 2.53. The minimum atomic E-state index is -1.67. The molecule has 1 aliphatic rings. The smallest absolute Gasteiger partial charge is 0.167 e. The van der Waals surface area contributed by atoms with Crippen molar-refractivity contribution in [2.75, 3.05) is 6.61 Å². The molecule has 3 aromatic rings. The number of aliphatic hydroxyl groups is 3. The molecule has 1 aliphatic heterocycles. The average Bonchev–Trinajstić information content (AvgIpc) is 3.04. The maximum absolute atomic E-state index is 10.8. The van der Waals surface area contributed by atoms with Gasteiger partial charge in [-0.25, -0.2) is 9.97 Å². The summed E-state index contributed by atoms with van der Waals surface area (Å²) in [5, 5.41) is 41.6. The van der Waals surface area contributed by atoms with E-state index in [0.29, 0.717) is 33.0 Å². The quantitative estimate of drug-likeness (QED) is 0.485. The predicted molar refractivity (Wildman–Crippen MR) is 91.3 cm³/mol. The van der Waals surface area contributed by atoms with Crippen LogP contribution in [0.2, 0.25) is 0 Å². The van der Waals surface area contributed by atoms with Crippen LogP contribution in [0.1, 0.15) is 18.7 Å². The highest BCUT2D eigenvalue weighted by molar-refractivity contribution is 6.06. The molecule has 9 nitrogen and oxygen atoms in total. The Morgan fingerprint density at radius 2 is 2.27 bits per heavy atom. The highest BCUT2D eigenvalue weighted by Crippen LogP contribution is 2.41. The standard InChI is InChI=1S/C17H17N5O4/c1-8-3-9(4-18)10-5-22(15-12(10)14(21-8)19-7-20-15)16-17(2,25)13(24)11(6-23)26-16/h3,5,7,11,13,16,23-25H,1,6H2,2H3,(H,19,20,21)/t11-,13-,16-,17-/m1/s1. The van der Waals surface area contributed by atoms with Gasteiger partial charge in [-0.1, -0.05) is 6.58 Å². The number of aromatic nitrogens is 4. The summed E-state index contributed by atoms with van der Waals surface area (Å²) in [4.78, 5) is 11.5. The molecular formula is C17H17N5O4. The highest BCUT2D eigenvalue weighted by atomic mass is 16.6. The summed E-state index contributed by atoms with van der Waals surface area (Å²) in [5.41, 5.74) is -0.410. The second-order valence-electron chi connectivity index (χ2n) is 6.57. The van der Waals surface area contributed by atoms with E-state index in [0.717, 1.165) is 0 Å². The molecule has 3 aromatic heterocycles. The number of aliphatic hydroxyl groups excluding tert-OH is 2. The number of nitriles is 1. The van der Waals surface area contributed by atoms with Crippen LogP contribution in [-0.2, 0) is 4.74 Å². The number of ether oxygens (including phenoxy) is 1. The van der Waals surface area contributed by atoms with Gasteiger partial charge >= 0.3 is 0 Å². The molecule has 4 N–H and O–H groups in total. The van der Waals surface area contributed by atoms with E-state index in [1.165, 1.54) is 13.3 Å². The van der Waals surface area contributed by atoms with E-state index < -0.39 is 30.6 Å². The van der Waals surface area contributed by atoms with Crippen molar-refractivity contribution in [3.05, 3.63) is 29.5 Å². The molecule has 1 fully saturated rings. The summed E-state index contributed by atoms with van der Waals surface area (Å²) in [6, 6.07) is 3.72. The Kier molecular flexibility index (Phi) is 3.61. The number of hydrogen-bond donors (Lipinski definition) is 4. The molecule has 0 amide bonds. The minimum absolute atomic E-state index is 0.358. The van der Waals surface area contributed by atoms with Gasteiger partial charge in [0.25, 0.3) is 0 Å². The maximum Gasteiger partial charge on any atom is 0.167 e. The fraction of sp³-hybridized carbons (Fsp3) is 0.353. The minimum Gasteiger partial charge on any atom is -0.394 e. The fourth-order valence-electron chi connectivity index (χ4n) is 3.49. The third-order valence-electron chi connectivity index (χ3n) is 4.80. The van der Waals surface area contributed by atoms with Gasteiger partial charge in [-0.2, -0.15) is 5.26 Å². The SMILES string of the molecule is C=c1cc(C#N)c2cn([C@@H]3O[C@H](CO)[C@@H](O)[C@@]3(C)O)c3ncnc([nH]1)c23. The first kappa shape index (κ1) is 16.7. The van der Waals surface area contributed by atoms with Gasteiger partial charge in [0, 0.05) is 16.9 Å². The largest absolute Gasteiger partial charge is 0.394 e. The van der Waals surface area contributed by atoms with Gasteiger partial charge in [-0.3, -0.25) is 0 Å². The molecular weight excluding hydrogens is 338 g/mol. The second-order valence-corrected chi connectivity index (χ2v) is 6.57. The Morgan fingerprint density at radius 1 is 1.50 bits per heavy atom. The lowest BCUT2D eigenvalue weighted by Crippen LogP contribution is -2.44. The molecule has 4 rings (SSSR count). The second kappa shape index (κ2) is 5.62. The molecule has 0 unspecified atom stereocenters. The molecule has 1 saturated heterocycles. The Labute approximate surface area is 147 Å². The molecule has 0 aliphatic carbocycles. The number of H-pyrrole nitrogens is 1. The normalized spacial score (nSPS) is 28.7. The van der Waals surface area contributed by atoms with Gasteiger partial charge in [-0.15, -0.1) is 0 Å². The van der Waals surface area contributed by atoms with Crippen LogP contribution in [0.5, 0.6) is 0 Å². The Morgan fingerprint density at radius 3 is 2.92 bits per heavy atom. The number of hydrogen-bond acceptors (Lipinski definition) is 7. The first-order chi connectivity index (χ1) is 12.4. The van der Waals surface area contributed by atoms with E-state index in [1.54, 1.807) is 16.8 Å². The summed E-state index contributed by atoms with van der Waals surface area (Å²) in [6.45, 7) is 4.83. The van der Waals surface area contributed by atoms with Crippen molar-refractivity contribution < 1.29 is 20.1 Å². The lowest BCUT2D eigenvalue weighted by atomic mass is 9.96. The predicted octanol–water partition coefficient (Wildman–Crippen LogP) is -0.523. The fourth-order valence-corrected chi connectivity index (χ4v) is 3.49. The van der Waals surface area contributed by atoms with Crippen molar-refractivity contribution in [1.29, 1.82) is 5.26 Å². The van der Waals surface area contributed by atoms with Gasteiger partial charge < -0.3 is 29.6 Å². The molecule has 0 bridgehead atoms. The van der Waals surface area contributed by atoms with Gasteiger partial charge in [0.2, 0.25) is 0 Å². The third kappa shape index (κ3) is 2.17. The van der Waals surface area contributed by atoms with E-state index in [2.05, 4.69) is 27.6 Å². The van der Waals surface area contributed by atoms with Crippen LogP contribution >= 0.6 is 0 Å². The Hall–Kier alpha value is -2.77. The zero-order valence-corrected chi connectivity index (χ0v) is 13.9. The van der Waals surface area contributed by atoms with Crippen LogP contribution in [0.15, 0.2) is 18.6 Å². The number of nitrogens with one attached hydrogen (secondary N) is 1. The van der Waals surface area contributed by atoms with Gasteiger partial charge in [0.15, 0.2) is 6.23 Å². The zero-order chi connectivity index (χ0) is 18.6. The van der Waals surface area contributed by atoms with E-state index in [4.69, 9.17) is 4.74 Å². The molecule has 4 heterocycles. The molecule has 0 aromatic carbocycles. The van der Waals surface area contributed by atoms with Gasteiger partial charge in [0.05, 0.1) is 23.6 Å². The van der Waals surface area contributed by atoms with Crippen molar-refractivity contribution >= 4 is 28.6 Å². The Bertz CT molecular complexity index is 1110. The number of aromatic amines is 1. The number of nitrogens with zero attached hydrogens (tertiary/aromatic N) is 4. The summed E-state index contributed by atoms with van der Waals surface area (Å²) >= 11 is 0. The van der Waals surface area contributed by atoms with Crippen molar-refractivity contribution in [2.45, 2.75) is 31.0 Å². The molecule has 134 valence electrons. The van der Waals surface area contributed by atoms with E-state index in [1.807, 2.05) is 0 Å².